The molecule has 2 amide bonds. The highest BCUT2D eigenvalue weighted by Crippen LogP contribution is 2.24. The highest BCUT2D eigenvalue weighted by atomic mass is 35.5. The minimum absolute atomic E-state index is 0.0447. The lowest BCUT2D eigenvalue weighted by Gasteiger charge is -2.34. The number of aromatic nitrogens is 1. The van der Waals surface area contributed by atoms with Crippen molar-refractivity contribution in [3.63, 3.8) is 0 Å². The fourth-order valence-electron chi connectivity index (χ4n) is 2.96. The van der Waals surface area contributed by atoms with Crippen molar-refractivity contribution >= 4 is 34.8 Å². The topological polar surface area (TPSA) is 65.5 Å². The number of hydrogen-bond donors (Lipinski definition) is 1. The number of benzene rings is 1. The molecule has 136 valence electrons. The first kappa shape index (κ1) is 18.2. The number of hydrogen-bond acceptors (Lipinski definition) is 4. The van der Waals surface area contributed by atoms with Gasteiger partial charge in [-0.05, 0) is 36.8 Å². The third-order valence-electron chi connectivity index (χ3n) is 4.46. The minimum atomic E-state index is -0.0721. The molecule has 0 spiro atoms. The molecule has 0 unspecified atom stereocenters. The highest BCUT2D eigenvalue weighted by molar-refractivity contribution is 6.30. The summed E-state index contributed by atoms with van der Waals surface area (Å²) in [6.45, 7) is 5.71. The zero-order chi connectivity index (χ0) is 18.7. The number of anilines is 2. The predicted molar refractivity (Wildman–Crippen MR) is 102 cm³/mol. The fraction of sp³-hybridized carbons (Fsp3) is 0.316. The van der Waals surface area contributed by atoms with E-state index in [4.69, 9.17) is 11.6 Å². The maximum absolute atomic E-state index is 12.7. The Labute approximate surface area is 157 Å². The summed E-state index contributed by atoms with van der Waals surface area (Å²) < 4.78 is 0. The Morgan fingerprint density at radius 1 is 1.08 bits per heavy atom. The second kappa shape index (κ2) is 7.74. The van der Waals surface area contributed by atoms with Crippen molar-refractivity contribution < 1.29 is 9.59 Å². The van der Waals surface area contributed by atoms with E-state index in [0.29, 0.717) is 36.8 Å². The van der Waals surface area contributed by atoms with Crippen LogP contribution in [-0.2, 0) is 4.79 Å². The second-order valence-electron chi connectivity index (χ2n) is 6.34. The molecule has 2 heterocycles. The number of carbonyl (C=O) groups excluding carboxylic acids is 2. The first-order chi connectivity index (χ1) is 12.4. The molecule has 26 heavy (non-hydrogen) atoms. The molecule has 1 saturated heterocycles. The Morgan fingerprint density at radius 2 is 1.77 bits per heavy atom. The predicted octanol–water partition coefficient (Wildman–Crippen LogP) is 3.09. The summed E-state index contributed by atoms with van der Waals surface area (Å²) in [5.74, 6) is -0.0273. The third kappa shape index (κ3) is 4.14. The standard InChI is InChI=1S/C19H21ClN4O2/c1-13-9-16(20)3-4-18(13)22-17-10-15(11-21-12-17)19(26)24-7-5-23(6-8-24)14(2)25/h3-4,9-12,22H,5-8H2,1-2H3. The van der Waals surface area contributed by atoms with Crippen molar-refractivity contribution in [2.45, 2.75) is 13.8 Å². The van der Waals surface area contributed by atoms with Crippen LogP contribution >= 0.6 is 11.6 Å². The smallest absolute Gasteiger partial charge is 0.255 e. The van der Waals surface area contributed by atoms with Gasteiger partial charge in [0.05, 0.1) is 17.4 Å². The first-order valence-corrected chi connectivity index (χ1v) is 8.85. The van der Waals surface area contributed by atoms with Crippen molar-refractivity contribution in [2.75, 3.05) is 31.5 Å². The van der Waals surface area contributed by atoms with Crippen molar-refractivity contribution in [1.29, 1.82) is 0 Å². The number of carbonyl (C=O) groups is 2. The van der Waals surface area contributed by atoms with Gasteiger partial charge < -0.3 is 15.1 Å². The molecule has 0 radical (unpaired) electrons. The maximum atomic E-state index is 12.7. The van der Waals surface area contributed by atoms with Crippen LogP contribution in [0.15, 0.2) is 36.7 Å². The van der Waals surface area contributed by atoms with Gasteiger partial charge >= 0.3 is 0 Å². The molecule has 1 N–H and O–H groups in total. The van der Waals surface area contributed by atoms with E-state index in [2.05, 4.69) is 10.3 Å². The van der Waals surface area contributed by atoms with Crippen LogP contribution in [0.3, 0.4) is 0 Å². The highest BCUT2D eigenvalue weighted by Gasteiger charge is 2.23. The maximum Gasteiger partial charge on any atom is 0.255 e. The Morgan fingerprint density at radius 3 is 2.42 bits per heavy atom. The van der Waals surface area contributed by atoms with Crippen LogP contribution in [0.4, 0.5) is 11.4 Å². The number of piperazine rings is 1. The summed E-state index contributed by atoms with van der Waals surface area (Å²) in [7, 11) is 0. The van der Waals surface area contributed by atoms with Gasteiger partial charge in [-0.25, -0.2) is 0 Å². The van der Waals surface area contributed by atoms with Gasteiger partial charge in [-0.3, -0.25) is 14.6 Å². The number of amides is 2. The molecular formula is C19H21ClN4O2. The molecule has 2 aromatic rings. The van der Waals surface area contributed by atoms with Crippen LogP contribution in [0.2, 0.25) is 5.02 Å². The monoisotopic (exact) mass is 372 g/mol. The molecule has 0 aliphatic carbocycles. The second-order valence-corrected chi connectivity index (χ2v) is 6.78. The number of aryl methyl sites for hydroxylation is 1. The number of nitrogens with one attached hydrogen (secondary N) is 1. The summed E-state index contributed by atoms with van der Waals surface area (Å²) in [4.78, 5) is 31.8. The average molecular weight is 373 g/mol. The summed E-state index contributed by atoms with van der Waals surface area (Å²) in [5.41, 5.74) is 3.19. The average Bonchev–Trinajstić information content (AvgIpc) is 2.64. The van der Waals surface area contributed by atoms with E-state index in [0.717, 1.165) is 16.9 Å². The lowest BCUT2D eigenvalue weighted by atomic mass is 10.1. The van der Waals surface area contributed by atoms with E-state index in [1.807, 2.05) is 25.1 Å². The lowest BCUT2D eigenvalue weighted by Crippen LogP contribution is -2.50. The van der Waals surface area contributed by atoms with Crippen molar-refractivity contribution in [2.24, 2.45) is 0 Å². The van der Waals surface area contributed by atoms with Gasteiger partial charge in [-0.15, -0.1) is 0 Å². The van der Waals surface area contributed by atoms with E-state index >= 15 is 0 Å². The molecule has 1 aromatic carbocycles. The van der Waals surface area contributed by atoms with Crippen molar-refractivity contribution in [1.82, 2.24) is 14.8 Å². The quantitative estimate of drug-likeness (QED) is 0.899. The molecule has 3 rings (SSSR count). The Bertz CT molecular complexity index is 832. The first-order valence-electron chi connectivity index (χ1n) is 8.47. The summed E-state index contributed by atoms with van der Waals surface area (Å²) in [5, 5.41) is 3.96. The van der Waals surface area contributed by atoms with E-state index in [9.17, 15) is 9.59 Å². The molecule has 1 fully saturated rings. The normalized spacial score (nSPS) is 14.3. The zero-order valence-electron chi connectivity index (χ0n) is 14.8. The van der Waals surface area contributed by atoms with E-state index < -0.39 is 0 Å². The third-order valence-corrected chi connectivity index (χ3v) is 4.70. The van der Waals surface area contributed by atoms with Gasteiger partial charge in [0.25, 0.3) is 5.91 Å². The van der Waals surface area contributed by atoms with Gasteiger partial charge in [-0.1, -0.05) is 11.6 Å². The Hall–Kier alpha value is -2.60. The molecule has 0 bridgehead atoms. The molecule has 1 aromatic heterocycles. The largest absolute Gasteiger partial charge is 0.354 e. The summed E-state index contributed by atoms with van der Waals surface area (Å²) >= 11 is 5.99. The molecular weight excluding hydrogens is 352 g/mol. The minimum Gasteiger partial charge on any atom is -0.354 e. The number of nitrogens with zero attached hydrogens (tertiary/aromatic N) is 3. The molecule has 6 nitrogen and oxygen atoms in total. The molecule has 1 aliphatic heterocycles. The zero-order valence-corrected chi connectivity index (χ0v) is 15.6. The Balaban J connectivity index is 1.71. The van der Waals surface area contributed by atoms with Gasteiger partial charge in [0.1, 0.15) is 0 Å². The van der Waals surface area contributed by atoms with Gasteiger partial charge in [0.15, 0.2) is 0 Å². The van der Waals surface area contributed by atoms with Gasteiger partial charge in [0.2, 0.25) is 5.91 Å². The molecule has 0 atom stereocenters. The van der Waals surface area contributed by atoms with Crippen LogP contribution in [0, 0.1) is 6.92 Å². The van der Waals surface area contributed by atoms with Crippen LogP contribution in [0.25, 0.3) is 0 Å². The van der Waals surface area contributed by atoms with Gasteiger partial charge in [0, 0.05) is 50.0 Å². The lowest BCUT2D eigenvalue weighted by molar-refractivity contribution is -0.130. The van der Waals surface area contributed by atoms with Crippen molar-refractivity contribution in [3.05, 3.63) is 52.8 Å². The fourth-order valence-corrected chi connectivity index (χ4v) is 3.18. The van der Waals surface area contributed by atoms with E-state index in [1.165, 1.54) is 0 Å². The number of rotatable bonds is 3. The summed E-state index contributed by atoms with van der Waals surface area (Å²) in [6, 6.07) is 7.38. The van der Waals surface area contributed by atoms with E-state index in [1.54, 1.807) is 35.2 Å². The summed E-state index contributed by atoms with van der Waals surface area (Å²) in [6.07, 6.45) is 3.25. The van der Waals surface area contributed by atoms with E-state index in [-0.39, 0.29) is 11.8 Å². The Kier molecular flexibility index (Phi) is 5.42. The molecule has 0 saturated carbocycles. The SMILES string of the molecule is CC(=O)N1CCN(C(=O)c2cncc(Nc3ccc(Cl)cc3C)c2)CC1. The van der Waals surface area contributed by atoms with Crippen molar-refractivity contribution in [3.8, 4) is 0 Å². The van der Waals surface area contributed by atoms with Crippen LogP contribution in [0.1, 0.15) is 22.8 Å². The molecule has 1 aliphatic rings. The number of pyridine rings is 1. The van der Waals surface area contributed by atoms with Crippen LogP contribution in [-0.4, -0.2) is 52.8 Å². The van der Waals surface area contributed by atoms with Crippen LogP contribution in [0.5, 0.6) is 0 Å². The van der Waals surface area contributed by atoms with Crippen LogP contribution < -0.4 is 5.32 Å². The number of halogens is 1. The molecule has 7 heteroatoms. The van der Waals surface area contributed by atoms with Gasteiger partial charge in [-0.2, -0.15) is 0 Å².